The van der Waals surface area contributed by atoms with Crippen molar-refractivity contribution in [3.8, 4) is 44.9 Å². The van der Waals surface area contributed by atoms with Crippen LogP contribution in [0.25, 0.3) is 33.4 Å². The van der Waals surface area contributed by atoms with Gasteiger partial charge in [-0.25, -0.2) is 0 Å². The Kier molecular flexibility index (Phi) is 7.59. The summed E-state index contributed by atoms with van der Waals surface area (Å²) >= 11 is 0. The van der Waals surface area contributed by atoms with Gasteiger partial charge in [0, 0.05) is 17.4 Å². The van der Waals surface area contributed by atoms with Gasteiger partial charge in [-0.3, -0.25) is 0 Å². The molecule has 3 aliphatic rings. The topological polar surface area (TPSA) is 21.7 Å². The molecule has 0 amide bonds. The number of hydrogen-bond donors (Lipinski definition) is 0. The molecule has 0 atom stereocenters. The van der Waals surface area contributed by atoms with E-state index in [1.807, 2.05) is 30.3 Å². The third-order valence-corrected chi connectivity index (χ3v) is 13.9. The lowest BCUT2D eigenvalue weighted by atomic mass is 9.67. The molecule has 13 rings (SSSR count). The molecule has 1 heterocycles. The summed E-state index contributed by atoms with van der Waals surface area (Å²) < 4.78 is 55.5. The fourth-order valence-corrected chi connectivity index (χ4v) is 11.2. The standard InChI is InChI=1S/C63H43NO2/c1-6-18-43(19-7-1)44-30-34-53-54-35-31-50(40-59(54)63(58(53)38-44,47-24-12-4-13-25-47)48-26-14-5-15-27-48)64(51-33-37-60-61(41-51)66-42-65-60)49-32-36-57-55(39-49)52-28-16-17-29-56(52)62(57,45-20-8-2-9-21-45)46-22-10-3-11-23-46/h1-41H,42H2/i1D,6D,7D,18D,19D. The van der Waals surface area contributed by atoms with E-state index in [9.17, 15) is 0 Å². The summed E-state index contributed by atoms with van der Waals surface area (Å²) in [5.41, 5.74) is 15.3. The normalized spacial score (nSPS) is 15.2. The first-order valence-electron chi connectivity index (χ1n) is 24.8. The van der Waals surface area contributed by atoms with Crippen molar-refractivity contribution in [3.05, 3.63) is 293 Å². The monoisotopic (exact) mass is 850 g/mol. The SMILES string of the molecule is [2H]c1c([2H])c([2H])c(-c2ccc3c(c2)C(c2ccccc2)(c2ccccc2)c2cc(N(c4ccc5c(c4)OCO5)c4ccc5c(c4)-c4ccccc4C5(c4ccccc4)c4ccccc4)ccc2-3)c([2H])c1[2H]. The molecule has 0 fully saturated rings. The molecule has 0 unspecified atom stereocenters. The second-order valence-corrected chi connectivity index (χ2v) is 17.1. The van der Waals surface area contributed by atoms with E-state index in [1.165, 1.54) is 27.8 Å². The Morgan fingerprint density at radius 1 is 0.348 bits per heavy atom. The summed E-state index contributed by atoms with van der Waals surface area (Å²) in [7, 11) is 0. The first kappa shape index (κ1) is 33.2. The molecule has 10 aromatic rings. The number of fused-ring (bicyclic) bond motifs is 7. The molecule has 1 aliphatic heterocycles. The predicted octanol–water partition coefficient (Wildman–Crippen LogP) is 15.3. The maximum atomic E-state index is 9.01. The summed E-state index contributed by atoms with van der Waals surface area (Å²) in [6.07, 6.45) is 0. The van der Waals surface area contributed by atoms with Crippen molar-refractivity contribution < 1.29 is 16.3 Å². The van der Waals surface area contributed by atoms with Crippen molar-refractivity contribution in [3.63, 3.8) is 0 Å². The highest BCUT2D eigenvalue weighted by Gasteiger charge is 2.48. The number of hydrogen-bond acceptors (Lipinski definition) is 3. The van der Waals surface area contributed by atoms with Crippen LogP contribution < -0.4 is 14.4 Å². The van der Waals surface area contributed by atoms with Crippen molar-refractivity contribution in [1.82, 2.24) is 0 Å². The zero-order valence-corrected chi connectivity index (χ0v) is 35.8. The zero-order valence-electron chi connectivity index (χ0n) is 40.8. The van der Waals surface area contributed by atoms with E-state index in [0.29, 0.717) is 17.1 Å². The highest BCUT2D eigenvalue weighted by atomic mass is 16.7. The third kappa shape index (κ3) is 5.56. The lowest BCUT2D eigenvalue weighted by Gasteiger charge is -2.35. The maximum absolute atomic E-state index is 9.01. The second-order valence-electron chi connectivity index (χ2n) is 17.1. The summed E-state index contributed by atoms with van der Waals surface area (Å²) in [5, 5.41) is 0. The van der Waals surface area contributed by atoms with Gasteiger partial charge in [-0.2, -0.15) is 0 Å². The largest absolute Gasteiger partial charge is 0.454 e. The van der Waals surface area contributed by atoms with Crippen molar-refractivity contribution in [2.45, 2.75) is 10.8 Å². The molecule has 10 aromatic carbocycles. The van der Waals surface area contributed by atoms with Crippen molar-refractivity contribution in [2.24, 2.45) is 0 Å². The molecular weight excluding hydrogens is 803 g/mol. The summed E-state index contributed by atoms with van der Waals surface area (Å²) in [5.74, 6) is 1.36. The third-order valence-electron chi connectivity index (χ3n) is 13.9. The second kappa shape index (κ2) is 15.1. The number of benzene rings is 10. The van der Waals surface area contributed by atoms with E-state index in [4.69, 9.17) is 16.3 Å². The van der Waals surface area contributed by atoms with Crippen LogP contribution in [0.1, 0.15) is 51.4 Å². The summed E-state index contributed by atoms with van der Waals surface area (Å²) in [4.78, 5) is 2.30. The minimum absolute atomic E-state index is 0.147. The van der Waals surface area contributed by atoms with Gasteiger partial charge in [0.05, 0.1) is 23.4 Å². The quantitative estimate of drug-likeness (QED) is 0.152. The number of anilines is 3. The van der Waals surface area contributed by atoms with Gasteiger partial charge in [-0.05, 0) is 120 Å². The Hall–Kier alpha value is -8.40. The predicted molar refractivity (Wildman–Crippen MR) is 267 cm³/mol. The van der Waals surface area contributed by atoms with E-state index in [2.05, 4.69) is 193 Å². The fraction of sp³-hybridized carbons (Fsp3) is 0.0476. The summed E-state index contributed by atoms with van der Waals surface area (Å²) in [6.45, 7) is 0.147. The van der Waals surface area contributed by atoms with Crippen LogP contribution in [0.4, 0.5) is 17.1 Å². The smallest absolute Gasteiger partial charge is 0.231 e. The number of rotatable bonds is 8. The van der Waals surface area contributed by atoms with Crippen LogP contribution in [0, 0.1) is 0 Å². The number of ether oxygens (including phenoxy) is 2. The van der Waals surface area contributed by atoms with Gasteiger partial charge in [0.2, 0.25) is 6.79 Å². The van der Waals surface area contributed by atoms with Crippen LogP contribution in [0.3, 0.4) is 0 Å². The highest BCUT2D eigenvalue weighted by molar-refractivity contribution is 5.93. The lowest BCUT2D eigenvalue weighted by Crippen LogP contribution is -2.29. The summed E-state index contributed by atoms with van der Waals surface area (Å²) in [6, 6.07) is 75.5. The molecule has 3 heteroatoms. The lowest BCUT2D eigenvalue weighted by molar-refractivity contribution is 0.174. The van der Waals surface area contributed by atoms with Gasteiger partial charge in [-0.15, -0.1) is 0 Å². The Balaban J connectivity index is 1.07. The molecule has 2 aliphatic carbocycles. The molecule has 0 aromatic heterocycles. The van der Waals surface area contributed by atoms with E-state index in [-0.39, 0.29) is 36.5 Å². The number of nitrogens with zero attached hydrogens (tertiary/aromatic N) is 1. The molecule has 0 radical (unpaired) electrons. The van der Waals surface area contributed by atoms with E-state index >= 15 is 0 Å². The van der Waals surface area contributed by atoms with Gasteiger partial charge >= 0.3 is 0 Å². The molecular formula is C63H43NO2. The van der Waals surface area contributed by atoms with Crippen LogP contribution >= 0.6 is 0 Å². The van der Waals surface area contributed by atoms with Crippen molar-refractivity contribution >= 4 is 17.1 Å². The van der Waals surface area contributed by atoms with E-state index in [0.717, 1.165) is 56.0 Å². The van der Waals surface area contributed by atoms with Crippen LogP contribution in [0.15, 0.2) is 249 Å². The Bertz CT molecular complexity index is 3640. The minimum atomic E-state index is -0.894. The maximum Gasteiger partial charge on any atom is 0.231 e. The van der Waals surface area contributed by atoms with Gasteiger partial charge < -0.3 is 14.4 Å². The Morgan fingerprint density at radius 2 is 0.818 bits per heavy atom. The van der Waals surface area contributed by atoms with Gasteiger partial charge in [-0.1, -0.05) is 200 Å². The molecule has 312 valence electrons. The van der Waals surface area contributed by atoms with Crippen LogP contribution in [0.2, 0.25) is 0 Å². The highest BCUT2D eigenvalue weighted by Crippen LogP contribution is 2.60. The minimum Gasteiger partial charge on any atom is -0.454 e. The van der Waals surface area contributed by atoms with Crippen molar-refractivity contribution in [2.75, 3.05) is 11.7 Å². The Labute approximate surface area is 392 Å². The Morgan fingerprint density at radius 3 is 1.47 bits per heavy atom. The van der Waals surface area contributed by atoms with Gasteiger partial charge in [0.15, 0.2) is 11.5 Å². The van der Waals surface area contributed by atoms with Crippen molar-refractivity contribution in [1.29, 1.82) is 0 Å². The average Bonchev–Trinajstić information content (AvgIpc) is 4.11. The van der Waals surface area contributed by atoms with Crippen LogP contribution in [-0.4, -0.2) is 6.79 Å². The van der Waals surface area contributed by atoms with E-state index < -0.39 is 16.9 Å². The molecule has 66 heavy (non-hydrogen) atoms. The molecule has 0 N–H and O–H groups in total. The van der Waals surface area contributed by atoms with Crippen LogP contribution in [-0.2, 0) is 10.8 Å². The molecule has 0 spiro atoms. The first-order chi connectivity index (χ1) is 34.8. The van der Waals surface area contributed by atoms with Crippen LogP contribution in [0.5, 0.6) is 11.5 Å². The molecule has 0 bridgehead atoms. The first-order valence-corrected chi connectivity index (χ1v) is 22.3. The fourth-order valence-electron chi connectivity index (χ4n) is 11.2. The molecule has 0 saturated heterocycles. The van der Waals surface area contributed by atoms with Gasteiger partial charge in [0.25, 0.3) is 0 Å². The molecule has 0 saturated carbocycles. The van der Waals surface area contributed by atoms with E-state index in [1.54, 1.807) is 0 Å². The average molecular weight is 851 g/mol. The van der Waals surface area contributed by atoms with Gasteiger partial charge in [0.1, 0.15) is 0 Å². The molecule has 3 nitrogen and oxygen atoms in total. The zero-order chi connectivity index (χ0) is 48.0.